The Balaban J connectivity index is 2.13. The van der Waals surface area contributed by atoms with Gasteiger partial charge in [0, 0.05) is 39.4 Å². The van der Waals surface area contributed by atoms with Gasteiger partial charge in [0.15, 0.2) is 0 Å². The molecule has 1 fully saturated rings. The van der Waals surface area contributed by atoms with E-state index in [0.29, 0.717) is 18.2 Å². The van der Waals surface area contributed by atoms with Crippen molar-refractivity contribution in [2.24, 2.45) is 5.73 Å². The minimum Gasteiger partial charge on any atom is -0.352 e. The number of rotatable bonds is 5. The predicted octanol–water partition coefficient (Wildman–Crippen LogP) is 1.10. The van der Waals surface area contributed by atoms with Crippen LogP contribution in [-0.4, -0.2) is 49.0 Å². The van der Waals surface area contributed by atoms with Crippen molar-refractivity contribution in [1.29, 1.82) is 0 Å². The van der Waals surface area contributed by atoms with E-state index in [9.17, 15) is 4.79 Å². The van der Waals surface area contributed by atoms with Crippen molar-refractivity contribution in [3.8, 4) is 0 Å². The van der Waals surface area contributed by atoms with Crippen molar-refractivity contribution < 1.29 is 4.79 Å². The maximum atomic E-state index is 11.8. The molecule has 0 bridgehead atoms. The first kappa shape index (κ1) is 13.8. The molecular formula is C14H22N4O. The van der Waals surface area contributed by atoms with Gasteiger partial charge in [-0.2, -0.15) is 0 Å². The summed E-state index contributed by atoms with van der Waals surface area (Å²) >= 11 is 0. The molecule has 0 atom stereocenters. The maximum absolute atomic E-state index is 11.8. The van der Waals surface area contributed by atoms with Gasteiger partial charge in [-0.15, -0.1) is 0 Å². The molecule has 5 nitrogen and oxygen atoms in total. The molecule has 0 aliphatic heterocycles. The van der Waals surface area contributed by atoms with E-state index in [4.69, 9.17) is 5.73 Å². The van der Waals surface area contributed by atoms with Crippen LogP contribution in [0.15, 0.2) is 18.3 Å². The Morgan fingerprint density at radius 1 is 1.42 bits per heavy atom. The van der Waals surface area contributed by atoms with Crippen LogP contribution < -0.4 is 10.6 Å². The molecule has 1 saturated carbocycles. The fourth-order valence-corrected chi connectivity index (χ4v) is 2.26. The Hall–Kier alpha value is -1.62. The highest BCUT2D eigenvalue weighted by Gasteiger charge is 2.25. The first-order valence-electron chi connectivity index (χ1n) is 6.78. The Morgan fingerprint density at radius 2 is 2.16 bits per heavy atom. The molecule has 1 aliphatic carbocycles. The van der Waals surface area contributed by atoms with E-state index in [1.54, 1.807) is 25.2 Å². The van der Waals surface area contributed by atoms with Crippen LogP contribution in [0.1, 0.15) is 29.6 Å². The summed E-state index contributed by atoms with van der Waals surface area (Å²) in [4.78, 5) is 20.0. The number of nitrogens with zero attached hydrogens (tertiary/aromatic N) is 3. The molecule has 5 heteroatoms. The van der Waals surface area contributed by atoms with Crippen LogP contribution in [0.25, 0.3) is 0 Å². The van der Waals surface area contributed by atoms with Crippen LogP contribution in [0.4, 0.5) is 5.82 Å². The third kappa shape index (κ3) is 3.04. The van der Waals surface area contributed by atoms with Crippen LogP contribution in [0.5, 0.6) is 0 Å². The van der Waals surface area contributed by atoms with Gasteiger partial charge in [0.25, 0.3) is 5.91 Å². The van der Waals surface area contributed by atoms with Crippen LogP contribution in [0.3, 0.4) is 0 Å². The summed E-state index contributed by atoms with van der Waals surface area (Å²) in [6.45, 7) is 1.44. The molecule has 1 aromatic heterocycles. The van der Waals surface area contributed by atoms with Gasteiger partial charge in [0.2, 0.25) is 0 Å². The summed E-state index contributed by atoms with van der Waals surface area (Å²) in [6.07, 6.45) is 5.35. The minimum atomic E-state index is -0.0203. The van der Waals surface area contributed by atoms with Crippen molar-refractivity contribution in [3.63, 3.8) is 0 Å². The molecule has 0 spiro atoms. The number of anilines is 1. The first-order chi connectivity index (χ1) is 9.13. The molecule has 104 valence electrons. The maximum Gasteiger partial charge on any atom is 0.254 e. The molecule has 1 heterocycles. The fraction of sp³-hybridized carbons (Fsp3) is 0.571. The number of hydrogen-bond acceptors (Lipinski definition) is 4. The number of nitrogens with two attached hydrogens (primary N) is 1. The molecule has 0 unspecified atom stereocenters. The number of carbonyl (C=O) groups excluding carboxylic acids is 1. The van der Waals surface area contributed by atoms with E-state index in [-0.39, 0.29) is 5.91 Å². The van der Waals surface area contributed by atoms with Crippen LogP contribution >= 0.6 is 0 Å². The lowest BCUT2D eigenvalue weighted by Crippen LogP contribution is -2.43. The molecule has 1 amide bonds. The highest BCUT2D eigenvalue weighted by molar-refractivity contribution is 5.93. The zero-order chi connectivity index (χ0) is 13.8. The third-order valence-corrected chi connectivity index (χ3v) is 3.58. The Bertz CT molecular complexity index is 426. The van der Waals surface area contributed by atoms with Gasteiger partial charge in [0.05, 0.1) is 5.56 Å². The van der Waals surface area contributed by atoms with Gasteiger partial charge in [0.1, 0.15) is 5.82 Å². The van der Waals surface area contributed by atoms with Gasteiger partial charge in [-0.3, -0.25) is 4.79 Å². The zero-order valence-electron chi connectivity index (χ0n) is 11.7. The number of carbonyl (C=O) groups is 1. The summed E-state index contributed by atoms with van der Waals surface area (Å²) in [5.74, 6) is 0.901. The lowest BCUT2D eigenvalue weighted by Gasteiger charge is -2.38. The average Bonchev–Trinajstić information content (AvgIpc) is 2.35. The number of hydrogen-bond donors (Lipinski definition) is 1. The Kier molecular flexibility index (Phi) is 4.37. The van der Waals surface area contributed by atoms with Gasteiger partial charge in [-0.05, 0) is 31.4 Å². The number of aromatic nitrogens is 1. The quantitative estimate of drug-likeness (QED) is 0.863. The Labute approximate surface area is 114 Å². The largest absolute Gasteiger partial charge is 0.352 e. The summed E-state index contributed by atoms with van der Waals surface area (Å²) in [5, 5.41) is 0. The van der Waals surface area contributed by atoms with E-state index < -0.39 is 0 Å². The zero-order valence-corrected chi connectivity index (χ0v) is 11.7. The fourth-order valence-electron chi connectivity index (χ4n) is 2.26. The van der Waals surface area contributed by atoms with Gasteiger partial charge >= 0.3 is 0 Å². The highest BCUT2D eigenvalue weighted by atomic mass is 16.2. The predicted molar refractivity (Wildman–Crippen MR) is 76.3 cm³/mol. The highest BCUT2D eigenvalue weighted by Crippen LogP contribution is 2.28. The molecule has 19 heavy (non-hydrogen) atoms. The summed E-state index contributed by atoms with van der Waals surface area (Å²) in [6, 6.07) is 4.32. The van der Waals surface area contributed by atoms with Crippen LogP contribution in [0.2, 0.25) is 0 Å². The minimum absolute atomic E-state index is 0.0203. The van der Waals surface area contributed by atoms with Crippen molar-refractivity contribution in [2.45, 2.75) is 25.3 Å². The molecular weight excluding hydrogens is 240 g/mol. The monoisotopic (exact) mass is 262 g/mol. The lowest BCUT2D eigenvalue weighted by atomic mass is 9.91. The van der Waals surface area contributed by atoms with E-state index in [1.807, 2.05) is 12.1 Å². The van der Waals surface area contributed by atoms with E-state index in [2.05, 4.69) is 9.88 Å². The molecule has 1 aliphatic rings. The van der Waals surface area contributed by atoms with Crippen LogP contribution in [-0.2, 0) is 0 Å². The van der Waals surface area contributed by atoms with E-state index in [1.165, 1.54) is 19.3 Å². The molecule has 0 saturated heterocycles. The Morgan fingerprint density at radius 3 is 2.58 bits per heavy atom. The average molecular weight is 262 g/mol. The van der Waals surface area contributed by atoms with Crippen LogP contribution in [0, 0.1) is 0 Å². The van der Waals surface area contributed by atoms with Gasteiger partial charge in [-0.1, -0.05) is 0 Å². The number of pyridine rings is 1. The van der Waals surface area contributed by atoms with Gasteiger partial charge in [-0.25, -0.2) is 4.98 Å². The molecule has 0 aromatic carbocycles. The standard InChI is InChI=1S/C14H22N4O/c1-17(2)14(19)11-6-7-13(16-10-11)18(9-8-15)12-4-3-5-12/h6-7,10,12H,3-5,8-9,15H2,1-2H3. The molecule has 0 radical (unpaired) electrons. The third-order valence-electron chi connectivity index (χ3n) is 3.58. The molecule has 2 rings (SSSR count). The smallest absolute Gasteiger partial charge is 0.254 e. The molecule has 1 aromatic rings. The summed E-state index contributed by atoms with van der Waals surface area (Å²) < 4.78 is 0. The summed E-state index contributed by atoms with van der Waals surface area (Å²) in [7, 11) is 3.48. The normalized spacial score (nSPS) is 14.9. The first-order valence-corrected chi connectivity index (χ1v) is 6.78. The summed E-state index contributed by atoms with van der Waals surface area (Å²) in [5.41, 5.74) is 6.29. The van der Waals surface area contributed by atoms with Crippen molar-refractivity contribution >= 4 is 11.7 Å². The molecule has 2 N–H and O–H groups in total. The second kappa shape index (κ2) is 6.02. The second-order valence-corrected chi connectivity index (χ2v) is 5.17. The topological polar surface area (TPSA) is 62.5 Å². The van der Waals surface area contributed by atoms with E-state index >= 15 is 0 Å². The van der Waals surface area contributed by atoms with Gasteiger partial charge < -0.3 is 15.5 Å². The van der Waals surface area contributed by atoms with Crippen molar-refractivity contribution in [1.82, 2.24) is 9.88 Å². The van der Waals surface area contributed by atoms with Crippen molar-refractivity contribution in [2.75, 3.05) is 32.1 Å². The SMILES string of the molecule is CN(C)C(=O)c1ccc(N(CCN)C2CCC2)nc1. The second-order valence-electron chi connectivity index (χ2n) is 5.17. The van der Waals surface area contributed by atoms with E-state index in [0.717, 1.165) is 12.4 Å². The van der Waals surface area contributed by atoms with Crippen molar-refractivity contribution in [3.05, 3.63) is 23.9 Å². The number of amides is 1. The lowest BCUT2D eigenvalue weighted by molar-refractivity contribution is 0.0827.